The van der Waals surface area contributed by atoms with Crippen LogP contribution >= 0.6 is 11.3 Å². The molecule has 1 aromatic heterocycles. The fraction of sp³-hybridized carbons (Fsp3) is 0. The van der Waals surface area contributed by atoms with Crippen LogP contribution < -0.4 is 5.32 Å². The minimum atomic E-state index is -0.976. The Morgan fingerprint density at radius 2 is 2.12 bits per heavy atom. The van der Waals surface area contributed by atoms with Gasteiger partial charge in [0.05, 0.1) is 5.69 Å². The molecule has 2 aromatic rings. The van der Waals surface area contributed by atoms with Crippen molar-refractivity contribution in [2.75, 3.05) is 5.32 Å². The van der Waals surface area contributed by atoms with Gasteiger partial charge in [0.15, 0.2) is 5.13 Å². The molecule has 0 aliphatic heterocycles. The third kappa shape index (κ3) is 3.42. The quantitative estimate of drug-likeness (QED) is 0.814. The number of thiazole rings is 1. The van der Waals surface area contributed by atoms with Gasteiger partial charge in [-0.15, -0.1) is 11.3 Å². The highest BCUT2D eigenvalue weighted by Crippen LogP contribution is 2.21. The van der Waals surface area contributed by atoms with Crippen LogP contribution in [0.4, 0.5) is 10.8 Å². The van der Waals surface area contributed by atoms with Gasteiger partial charge in [0.2, 0.25) is 0 Å². The van der Waals surface area contributed by atoms with E-state index < -0.39 is 5.97 Å². The Morgan fingerprint density at radius 1 is 1.35 bits per heavy atom. The first-order valence-electron chi connectivity index (χ1n) is 4.92. The molecule has 0 aliphatic carbocycles. The van der Waals surface area contributed by atoms with E-state index in [1.165, 1.54) is 17.4 Å². The minimum Gasteiger partial charge on any atom is -0.478 e. The van der Waals surface area contributed by atoms with E-state index in [-0.39, 0.29) is 0 Å². The van der Waals surface area contributed by atoms with Gasteiger partial charge in [-0.1, -0.05) is 18.2 Å². The zero-order chi connectivity index (χ0) is 12.1. The maximum Gasteiger partial charge on any atom is 0.328 e. The predicted octanol–water partition coefficient (Wildman–Crippen LogP) is 2.98. The van der Waals surface area contributed by atoms with Gasteiger partial charge in [-0.25, -0.2) is 9.78 Å². The average Bonchev–Trinajstić information content (AvgIpc) is 2.75. The minimum absolute atomic E-state index is 0.635. The molecule has 0 radical (unpaired) electrons. The summed E-state index contributed by atoms with van der Waals surface area (Å²) in [5.41, 5.74) is 1.59. The van der Waals surface area contributed by atoms with Gasteiger partial charge in [-0.05, 0) is 18.2 Å². The molecule has 2 rings (SSSR count). The average molecular weight is 246 g/mol. The van der Waals surface area contributed by atoms with Gasteiger partial charge in [0.25, 0.3) is 0 Å². The molecule has 17 heavy (non-hydrogen) atoms. The van der Waals surface area contributed by atoms with Crippen molar-refractivity contribution in [2.45, 2.75) is 0 Å². The van der Waals surface area contributed by atoms with E-state index in [0.29, 0.717) is 5.69 Å². The van der Waals surface area contributed by atoms with E-state index in [4.69, 9.17) is 5.11 Å². The summed E-state index contributed by atoms with van der Waals surface area (Å²) in [6.45, 7) is 0. The standard InChI is InChI=1S/C12H10N2O2S/c15-11(16)7-6-10-8-17-12(14-10)13-9-4-2-1-3-5-9/h1-8H,(H,13,14)(H,15,16). The molecule has 2 N–H and O–H groups in total. The van der Waals surface area contributed by atoms with E-state index in [1.807, 2.05) is 30.3 Å². The fourth-order valence-electron chi connectivity index (χ4n) is 1.22. The Bertz CT molecular complexity index is 534. The zero-order valence-corrected chi connectivity index (χ0v) is 9.65. The van der Waals surface area contributed by atoms with Crippen molar-refractivity contribution in [3.8, 4) is 0 Å². The van der Waals surface area contributed by atoms with Gasteiger partial charge >= 0.3 is 5.97 Å². The van der Waals surface area contributed by atoms with Crippen LogP contribution in [-0.2, 0) is 4.79 Å². The number of aliphatic carboxylic acids is 1. The molecule has 0 saturated heterocycles. The van der Waals surface area contributed by atoms with Gasteiger partial charge in [-0.2, -0.15) is 0 Å². The highest BCUT2D eigenvalue weighted by Gasteiger charge is 1.99. The number of anilines is 2. The van der Waals surface area contributed by atoms with E-state index >= 15 is 0 Å². The number of carbonyl (C=O) groups is 1. The summed E-state index contributed by atoms with van der Waals surface area (Å²) in [6, 6.07) is 9.68. The lowest BCUT2D eigenvalue weighted by Crippen LogP contribution is -1.89. The maximum atomic E-state index is 10.3. The lowest BCUT2D eigenvalue weighted by molar-refractivity contribution is -0.131. The number of aromatic nitrogens is 1. The van der Waals surface area contributed by atoms with E-state index in [1.54, 1.807) is 5.38 Å². The number of nitrogens with zero attached hydrogens (tertiary/aromatic N) is 1. The molecule has 86 valence electrons. The molecule has 1 heterocycles. The molecule has 0 fully saturated rings. The number of carboxylic acid groups (broad SMARTS) is 1. The first kappa shape index (κ1) is 11.3. The van der Waals surface area contributed by atoms with Crippen molar-refractivity contribution in [3.05, 3.63) is 47.5 Å². The third-order valence-corrected chi connectivity index (χ3v) is 2.72. The molecule has 5 heteroatoms. The van der Waals surface area contributed by atoms with Crippen molar-refractivity contribution < 1.29 is 9.90 Å². The summed E-state index contributed by atoms with van der Waals surface area (Å²) in [4.78, 5) is 14.6. The Hall–Kier alpha value is -2.14. The summed E-state index contributed by atoms with van der Waals surface area (Å²) in [6.07, 6.45) is 2.54. The van der Waals surface area contributed by atoms with Crippen molar-refractivity contribution >= 4 is 34.2 Å². The second kappa shape index (κ2) is 5.27. The SMILES string of the molecule is O=C(O)C=Cc1csc(Nc2ccccc2)n1. The van der Waals surface area contributed by atoms with Crippen molar-refractivity contribution in [2.24, 2.45) is 0 Å². The maximum absolute atomic E-state index is 10.3. The van der Waals surface area contributed by atoms with E-state index in [2.05, 4.69) is 10.3 Å². The lowest BCUT2D eigenvalue weighted by Gasteiger charge is -2.00. The smallest absolute Gasteiger partial charge is 0.328 e. The van der Waals surface area contributed by atoms with Crippen molar-refractivity contribution in [1.29, 1.82) is 0 Å². The molecule has 0 spiro atoms. The van der Waals surface area contributed by atoms with Gasteiger partial charge in [-0.3, -0.25) is 0 Å². The molecular weight excluding hydrogens is 236 g/mol. The summed E-state index contributed by atoms with van der Waals surface area (Å²) in [7, 11) is 0. The molecule has 0 atom stereocenters. The number of hydrogen-bond donors (Lipinski definition) is 2. The Labute approximate surface area is 102 Å². The van der Waals surface area contributed by atoms with Gasteiger partial charge in [0, 0.05) is 17.1 Å². The molecule has 1 aromatic carbocycles. The van der Waals surface area contributed by atoms with Crippen LogP contribution in [0, 0.1) is 0 Å². The number of para-hydroxylation sites is 1. The summed E-state index contributed by atoms with van der Waals surface area (Å²) in [5.74, 6) is -0.976. The number of rotatable bonds is 4. The summed E-state index contributed by atoms with van der Waals surface area (Å²) in [5, 5.41) is 14.2. The number of nitrogens with one attached hydrogen (secondary N) is 1. The largest absolute Gasteiger partial charge is 0.478 e. The highest BCUT2D eigenvalue weighted by atomic mass is 32.1. The molecule has 0 bridgehead atoms. The second-order valence-corrected chi connectivity index (χ2v) is 4.10. The fourth-order valence-corrected chi connectivity index (χ4v) is 1.92. The van der Waals surface area contributed by atoms with Crippen LogP contribution in [0.15, 0.2) is 41.8 Å². The van der Waals surface area contributed by atoms with Crippen molar-refractivity contribution in [3.63, 3.8) is 0 Å². The highest BCUT2D eigenvalue weighted by molar-refractivity contribution is 7.13. The number of hydrogen-bond acceptors (Lipinski definition) is 4. The summed E-state index contributed by atoms with van der Waals surface area (Å²) < 4.78 is 0. The third-order valence-electron chi connectivity index (χ3n) is 1.94. The Kier molecular flexibility index (Phi) is 3.52. The molecule has 0 saturated carbocycles. The normalized spacial score (nSPS) is 10.6. The second-order valence-electron chi connectivity index (χ2n) is 3.24. The van der Waals surface area contributed by atoms with Crippen LogP contribution in [0.3, 0.4) is 0 Å². The monoisotopic (exact) mass is 246 g/mol. The van der Waals surface area contributed by atoms with E-state index in [9.17, 15) is 4.79 Å². The molecular formula is C12H10N2O2S. The van der Waals surface area contributed by atoms with E-state index in [0.717, 1.165) is 16.9 Å². The molecule has 0 unspecified atom stereocenters. The van der Waals surface area contributed by atoms with Crippen LogP contribution in [0.25, 0.3) is 6.08 Å². The van der Waals surface area contributed by atoms with Crippen LogP contribution in [0.5, 0.6) is 0 Å². The van der Waals surface area contributed by atoms with Crippen LogP contribution in [0.2, 0.25) is 0 Å². The number of benzene rings is 1. The van der Waals surface area contributed by atoms with Crippen LogP contribution in [0.1, 0.15) is 5.69 Å². The molecule has 0 amide bonds. The first-order chi connectivity index (χ1) is 8.24. The van der Waals surface area contributed by atoms with Gasteiger partial charge in [0.1, 0.15) is 0 Å². The predicted molar refractivity (Wildman–Crippen MR) is 68.5 cm³/mol. The molecule has 0 aliphatic rings. The topological polar surface area (TPSA) is 62.2 Å². The first-order valence-corrected chi connectivity index (χ1v) is 5.80. The number of carboxylic acids is 1. The Morgan fingerprint density at radius 3 is 2.82 bits per heavy atom. The molecule has 4 nitrogen and oxygen atoms in total. The Balaban J connectivity index is 2.06. The van der Waals surface area contributed by atoms with Crippen LogP contribution in [-0.4, -0.2) is 16.1 Å². The lowest BCUT2D eigenvalue weighted by atomic mass is 10.3. The van der Waals surface area contributed by atoms with Gasteiger partial charge < -0.3 is 10.4 Å². The zero-order valence-electron chi connectivity index (χ0n) is 8.83. The summed E-state index contributed by atoms with van der Waals surface area (Å²) >= 11 is 1.43. The van der Waals surface area contributed by atoms with Crippen molar-refractivity contribution in [1.82, 2.24) is 4.98 Å².